The van der Waals surface area contributed by atoms with E-state index in [1.165, 1.54) is 25.3 Å². The van der Waals surface area contributed by atoms with Gasteiger partial charge in [0, 0.05) is 16.4 Å². The molecule has 1 aromatic carbocycles. The molecule has 0 atom stereocenters. The predicted octanol–water partition coefficient (Wildman–Crippen LogP) is 3.75. The van der Waals surface area contributed by atoms with Crippen molar-refractivity contribution < 1.29 is 4.39 Å². The second-order valence-corrected chi connectivity index (χ2v) is 5.52. The molecular weight excluding hydrogens is 269 g/mol. The van der Waals surface area contributed by atoms with E-state index in [0.29, 0.717) is 6.54 Å². The first kappa shape index (κ1) is 12.1. The highest BCUT2D eigenvalue weighted by Crippen LogP contribution is 2.41. The van der Waals surface area contributed by atoms with Gasteiger partial charge in [0.05, 0.1) is 0 Å². The van der Waals surface area contributed by atoms with Crippen molar-refractivity contribution in [3.8, 4) is 0 Å². The summed E-state index contributed by atoms with van der Waals surface area (Å²) in [5, 5.41) is 0. The Morgan fingerprint density at radius 1 is 1.25 bits per heavy atom. The van der Waals surface area contributed by atoms with Gasteiger partial charge in [-0.15, -0.1) is 0 Å². The van der Waals surface area contributed by atoms with E-state index in [-0.39, 0.29) is 11.2 Å². The van der Waals surface area contributed by atoms with Crippen molar-refractivity contribution >= 4 is 15.9 Å². The highest BCUT2D eigenvalue weighted by molar-refractivity contribution is 9.10. The topological polar surface area (TPSA) is 26.0 Å². The van der Waals surface area contributed by atoms with E-state index in [1.807, 2.05) is 0 Å². The smallest absolute Gasteiger partial charge is 0.123 e. The SMILES string of the molecule is NCC1(c2cc(F)ccc2Br)CCCCC1. The van der Waals surface area contributed by atoms with Gasteiger partial charge in [0.2, 0.25) is 0 Å². The molecule has 3 heteroatoms. The van der Waals surface area contributed by atoms with Crippen LogP contribution in [0.3, 0.4) is 0 Å². The Balaban J connectivity index is 2.42. The lowest BCUT2D eigenvalue weighted by Crippen LogP contribution is -2.37. The molecule has 0 bridgehead atoms. The summed E-state index contributed by atoms with van der Waals surface area (Å²) in [7, 11) is 0. The summed E-state index contributed by atoms with van der Waals surface area (Å²) in [6, 6.07) is 4.92. The summed E-state index contributed by atoms with van der Waals surface area (Å²) in [5.74, 6) is -0.170. The Hall–Kier alpha value is -0.410. The molecule has 0 spiro atoms. The second-order valence-electron chi connectivity index (χ2n) is 4.67. The van der Waals surface area contributed by atoms with E-state index in [4.69, 9.17) is 5.73 Å². The van der Waals surface area contributed by atoms with Crippen molar-refractivity contribution in [2.75, 3.05) is 6.54 Å². The number of hydrogen-bond donors (Lipinski definition) is 1. The van der Waals surface area contributed by atoms with Crippen molar-refractivity contribution in [3.05, 3.63) is 34.1 Å². The first-order valence-electron chi connectivity index (χ1n) is 5.83. The van der Waals surface area contributed by atoms with Gasteiger partial charge in [0.15, 0.2) is 0 Å². The van der Waals surface area contributed by atoms with Crippen molar-refractivity contribution in [3.63, 3.8) is 0 Å². The second kappa shape index (κ2) is 4.84. The Morgan fingerprint density at radius 3 is 2.56 bits per heavy atom. The standard InChI is InChI=1S/C13H17BrFN/c14-12-5-4-10(15)8-11(12)13(9-16)6-2-1-3-7-13/h4-5,8H,1-3,6-7,9,16H2. The van der Waals surface area contributed by atoms with Crippen molar-refractivity contribution in [2.45, 2.75) is 37.5 Å². The fourth-order valence-corrected chi connectivity index (χ4v) is 3.38. The average Bonchev–Trinajstić information content (AvgIpc) is 2.33. The molecule has 1 aromatic rings. The maximum Gasteiger partial charge on any atom is 0.123 e. The highest BCUT2D eigenvalue weighted by atomic mass is 79.9. The Morgan fingerprint density at radius 2 is 1.94 bits per heavy atom. The lowest BCUT2D eigenvalue weighted by molar-refractivity contribution is 0.299. The molecule has 1 aliphatic rings. The first-order valence-corrected chi connectivity index (χ1v) is 6.63. The van der Waals surface area contributed by atoms with Crippen LogP contribution in [0.25, 0.3) is 0 Å². The molecule has 0 aliphatic heterocycles. The molecule has 0 saturated heterocycles. The molecule has 1 saturated carbocycles. The third kappa shape index (κ3) is 2.16. The molecule has 1 fully saturated rings. The van der Waals surface area contributed by atoms with E-state index in [1.54, 1.807) is 12.1 Å². The van der Waals surface area contributed by atoms with Crippen LogP contribution in [0.4, 0.5) is 4.39 Å². The van der Waals surface area contributed by atoms with Gasteiger partial charge < -0.3 is 5.73 Å². The summed E-state index contributed by atoms with van der Waals surface area (Å²) in [5.41, 5.74) is 6.98. The summed E-state index contributed by atoms with van der Waals surface area (Å²) in [4.78, 5) is 0. The minimum atomic E-state index is -0.170. The Labute approximate surface area is 104 Å². The number of benzene rings is 1. The van der Waals surface area contributed by atoms with Gasteiger partial charge >= 0.3 is 0 Å². The zero-order chi connectivity index (χ0) is 11.6. The van der Waals surface area contributed by atoms with E-state index in [0.717, 1.165) is 22.9 Å². The van der Waals surface area contributed by atoms with Crippen molar-refractivity contribution in [2.24, 2.45) is 5.73 Å². The fourth-order valence-electron chi connectivity index (χ4n) is 2.72. The van der Waals surface area contributed by atoms with Crippen LogP contribution >= 0.6 is 15.9 Å². The highest BCUT2D eigenvalue weighted by Gasteiger charge is 2.34. The normalized spacial score (nSPS) is 19.7. The zero-order valence-corrected chi connectivity index (χ0v) is 10.9. The maximum absolute atomic E-state index is 13.3. The van der Waals surface area contributed by atoms with Crippen LogP contribution in [0.15, 0.2) is 22.7 Å². The van der Waals surface area contributed by atoms with Crippen LogP contribution in [0.5, 0.6) is 0 Å². The fraction of sp³-hybridized carbons (Fsp3) is 0.538. The molecule has 0 aromatic heterocycles. The van der Waals surface area contributed by atoms with E-state index >= 15 is 0 Å². The predicted molar refractivity (Wildman–Crippen MR) is 67.9 cm³/mol. The molecule has 88 valence electrons. The van der Waals surface area contributed by atoms with Gasteiger partial charge in [0.25, 0.3) is 0 Å². The van der Waals surface area contributed by atoms with E-state index in [9.17, 15) is 4.39 Å². The van der Waals surface area contributed by atoms with Crippen LogP contribution < -0.4 is 5.73 Å². The summed E-state index contributed by atoms with van der Waals surface area (Å²) in [6.45, 7) is 0.606. The zero-order valence-electron chi connectivity index (χ0n) is 9.31. The first-order chi connectivity index (χ1) is 7.68. The maximum atomic E-state index is 13.3. The molecule has 1 nitrogen and oxygen atoms in total. The molecule has 0 radical (unpaired) electrons. The summed E-state index contributed by atoms with van der Waals surface area (Å²) < 4.78 is 14.3. The lowest BCUT2D eigenvalue weighted by atomic mass is 9.69. The van der Waals surface area contributed by atoms with E-state index in [2.05, 4.69) is 15.9 Å². The molecule has 0 heterocycles. The van der Waals surface area contributed by atoms with Gasteiger partial charge in [-0.3, -0.25) is 0 Å². The van der Waals surface area contributed by atoms with Gasteiger partial charge in [-0.2, -0.15) is 0 Å². The monoisotopic (exact) mass is 285 g/mol. The largest absolute Gasteiger partial charge is 0.330 e. The molecule has 0 unspecified atom stereocenters. The van der Waals surface area contributed by atoms with Gasteiger partial charge in [-0.1, -0.05) is 35.2 Å². The van der Waals surface area contributed by atoms with Gasteiger partial charge in [-0.05, 0) is 36.6 Å². The van der Waals surface area contributed by atoms with Crippen molar-refractivity contribution in [1.82, 2.24) is 0 Å². The molecule has 2 N–H and O–H groups in total. The Bertz CT molecular complexity index is 372. The third-order valence-electron chi connectivity index (χ3n) is 3.70. The number of rotatable bonds is 2. The number of hydrogen-bond acceptors (Lipinski definition) is 1. The minimum absolute atomic E-state index is 0.0147. The van der Waals surface area contributed by atoms with E-state index < -0.39 is 0 Å². The number of nitrogens with two attached hydrogens (primary N) is 1. The lowest BCUT2D eigenvalue weighted by Gasteiger charge is -2.37. The van der Waals surface area contributed by atoms with Crippen LogP contribution in [0.2, 0.25) is 0 Å². The molecule has 16 heavy (non-hydrogen) atoms. The summed E-state index contributed by atoms with van der Waals surface area (Å²) in [6.07, 6.45) is 5.81. The molecular formula is C13H17BrFN. The molecule has 0 amide bonds. The van der Waals surface area contributed by atoms with Gasteiger partial charge in [-0.25, -0.2) is 4.39 Å². The molecule has 1 aliphatic carbocycles. The van der Waals surface area contributed by atoms with Crippen LogP contribution in [0, 0.1) is 5.82 Å². The quantitative estimate of drug-likeness (QED) is 0.880. The third-order valence-corrected chi connectivity index (χ3v) is 4.39. The summed E-state index contributed by atoms with van der Waals surface area (Å²) >= 11 is 3.52. The van der Waals surface area contributed by atoms with Gasteiger partial charge in [0.1, 0.15) is 5.82 Å². The molecule has 2 rings (SSSR count). The van der Waals surface area contributed by atoms with Crippen molar-refractivity contribution in [1.29, 1.82) is 0 Å². The van der Waals surface area contributed by atoms with Crippen LogP contribution in [0.1, 0.15) is 37.7 Å². The average molecular weight is 286 g/mol. The minimum Gasteiger partial charge on any atom is -0.330 e. The van der Waals surface area contributed by atoms with Crippen LogP contribution in [-0.2, 0) is 5.41 Å². The van der Waals surface area contributed by atoms with Crippen LogP contribution in [-0.4, -0.2) is 6.54 Å². The Kier molecular flexibility index (Phi) is 3.65. The number of halogens is 2.